The zero-order valence-electron chi connectivity index (χ0n) is 38.5. The molecule has 1 unspecified atom stereocenters. The van der Waals surface area contributed by atoms with Gasteiger partial charge in [-0.1, -0.05) is 65.7 Å². The van der Waals surface area contributed by atoms with Gasteiger partial charge in [0.15, 0.2) is 40.5 Å². The number of alkyl halides is 3. The number of halogens is 3. The number of esters is 1. The van der Waals surface area contributed by atoms with Gasteiger partial charge >= 0.3 is 5.97 Å². The van der Waals surface area contributed by atoms with Crippen molar-refractivity contribution in [1.29, 1.82) is 0 Å². The minimum Gasteiger partial charge on any atom is -0.449 e. The fourth-order valence-corrected chi connectivity index (χ4v) is 16.5. The summed E-state index contributed by atoms with van der Waals surface area (Å²) >= 11 is 0.396. The summed E-state index contributed by atoms with van der Waals surface area (Å²) in [6, 6.07) is -1.02. The van der Waals surface area contributed by atoms with E-state index in [9.17, 15) is 43.7 Å². The molecule has 0 bridgehead atoms. The largest absolute Gasteiger partial charge is 0.449 e. The Balaban J connectivity index is 0.000000178. The first kappa shape index (κ1) is 48.5. The lowest BCUT2D eigenvalue weighted by Crippen LogP contribution is -2.70. The molecule has 9 aliphatic rings. The molecule has 15 heteroatoms. The molecule has 3 N–H and O–H groups in total. The van der Waals surface area contributed by atoms with Crippen LogP contribution in [0.2, 0.25) is 0 Å². The molecule has 358 valence electrons. The highest BCUT2D eigenvalue weighted by molar-refractivity contribution is 8.13. The lowest BCUT2D eigenvalue weighted by Gasteiger charge is -2.63. The van der Waals surface area contributed by atoms with Gasteiger partial charge in [-0.25, -0.2) is 13.2 Å². The number of Topliss-reactive ketones (excluding diaryl/α,β-unsaturated/α-hetero) is 1. The van der Waals surface area contributed by atoms with Crippen molar-refractivity contribution in [3.8, 4) is 0 Å². The highest BCUT2D eigenvalue weighted by atomic mass is 32.2. The van der Waals surface area contributed by atoms with Crippen molar-refractivity contribution >= 4 is 40.2 Å². The molecule has 9 rings (SSSR count). The van der Waals surface area contributed by atoms with E-state index < -0.39 is 111 Å². The van der Waals surface area contributed by atoms with Crippen molar-refractivity contribution in [2.45, 2.75) is 160 Å². The first-order chi connectivity index (χ1) is 30.5. The van der Waals surface area contributed by atoms with Crippen LogP contribution in [0, 0.1) is 57.2 Å². The molecule has 8 aliphatic carbocycles. The summed E-state index contributed by atoms with van der Waals surface area (Å²) in [5.41, 5.74) is -7.89. The molecule has 1 aliphatic heterocycles. The number of hydrogen-bond acceptors (Lipinski definition) is 12. The third-order valence-corrected chi connectivity index (χ3v) is 19.3. The third kappa shape index (κ3) is 6.49. The van der Waals surface area contributed by atoms with Crippen LogP contribution in [-0.4, -0.2) is 104 Å². The van der Waals surface area contributed by atoms with E-state index in [1.807, 2.05) is 6.08 Å². The first-order valence-electron chi connectivity index (χ1n) is 23.6. The second-order valence-corrected chi connectivity index (χ2v) is 22.2. The summed E-state index contributed by atoms with van der Waals surface area (Å²) in [5.74, 6) is -3.27. The molecular weight excluding hydrogens is 866 g/mol. The maximum atomic E-state index is 17.2. The number of carbonyl (C=O) groups excluding carboxylic acids is 5. The molecular formula is C50H65F3O11S. The summed E-state index contributed by atoms with van der Waals surface area (Å²) in [6.45, 7) is 12.1. The van der Waals surface area contributed by atoms with Crippen LogP contribution in [0.15, 0.2) is 47.6 Å². The van der Waals surface area contributed by atoms with Gasteiger partial charge in [0.1, 0.15) is 18.8 Å². The number of carbonyl (C=O) groups is 5. The minimum absolute atomic E-state index is 0.0125. The van der Waals surface area contributed by atoms with Crippen LogP contribution in [0.25, 0.3) is 0 Å². The van der Waals surface area contributed by atoms with E-state index in [4.69, 9.17) is 14.2 Å². The normalized spacial score (nSPS) is 48.8. The monoisotopic (exact) mass is 930 g/mol. The predicted octanol–water partition coefficient (Wildman–Crippen LogP) is 7.15. The van der Waals surface area contributed by atoms with Gasteiger partial charge in [-0.15, -0.1) is 0 Å². The smallest absolute Gasteiger partial charge is 0.306 e. The molecule has 7 fully saturated rings. The number of fused-ring (bicyclic) bond motifs is 12. The number of allylic oxidation sites excluding steroid dienone is 8. The van der Waals surface area contributed by atoms with Crippen LogP contribution in [0.3, 0.4) is 0 Å². The number of aliphatic hydroxyl groups is 3. The van der Waals surface area contributed by atoms with Crippen LogP contribution >= 0.6 is 11.8 Å². The van der Waals surface area contributed by atoms with Crippen molar-refractivity contribution in [1.82, 2.24) is 0 Å². The standard InChI is InChI=1S/C25H31F3O5S.C25H34O6/c1-5-20(31)33-25(21(32)34-12-26)13(2)8-15-16-10-18(27)17-9-14(29)6-7-22(17,3)24(16,28)19(30)11-23(15,25)4;1-4-5-21-30-20-11-17-16-7-6-14-10-15(27)8-9-23(14,2)22(16)18(28)12-24(17,3)25(20,31-21)19(29)13-26/h6-7,9,13,15-16,18-19,30H,5,8,10-12H2,1-4H3;8-10,16-18,20-22,26,28H,4-7,11-13H2,1-3H3/t13-,15+,16?,18+,19+,22+,23+,24+,25+;16-,17-,18-,20+,21+,22+,23-,24-,25+/m10/s1. The number of aliphatic hydroxyl groups excluding tert-OH is 3. The number of rotatable bonds is 8. The summed E-state index contributed by atoms with van der Waals surface area (Å²) in [5, 5.41) is 32.1. The van der Waals surface area contributed by atoms with Crippen molar-refractivity contribution < 1.29 is 66.7 Å². The van der Waals surface area contributed by atoms with Crippen LogP contribution < -0.4 is 0 Å². The van der Waals surface area contributed by atoms with E-state index in [2.05, 4.69) is 20.8 Å². The summed E-state index contributed by atoms with van der Waals surface area (Å²) < 4.78 is 64.5. The SMILES string of the molecule is CCC(=O)O[C@]1(C(=O)SCF)[C@H](C)C[C@H]2C3C[C@H](F)C4=CC(=O)C=C[C@]4(C)[C@@]3(F)[C@@H](O)C[C@@]21C.CCC[C@@H]1O[C@@H]2C[C@H]3[C@@H]4CCC5=CC(=O)C=C[C@]5(C)[C@H]4[C@@H](O)C[C@]3(C)[C@]2(C(=O)CO)O1. The lowest BCUT2D eigenvalue weighted by molar-refractivity contribution is -0.228. The molecule has 18 atom stereocenters. The molecule has 0 aromatic carbocycles. The number of ketones is 3. The van der Waals surface area contributed by atoms with Crippen LogP contribution in [-0.2, 0) is 38.2 Å². The van der Waals surface area contributed by atoms with Gasteiger partial charge < -0.3 is 29.5 Å². The Bertz CT molecular complexity index is 2140. The highest BCUT2D eigenvalue weighted by Gasteiger charge is 2.79. The van der Waals surface area contributed by atoms with Gasteiger partial charge in [0, 0.05) is 45.8 Å². The topological polar surface area (TPSA) is 174 Å². The molecule has 0 aromatic rings. The van der Waals surface area contributed by atoms with E-state index in [-0.39, 0.29) is 66.0 Å². The average Bonchev–Trinajstić information content (AvgIpc) is 3.82. The Labute approximate surface area is 383 Å². The highest BCUT2D eigenvalue weighted by Crippen LogP contribution is 2.73. The number of hydrogen-bond donors (Lipinski definition) is 3. The Morgan fingerprint density at radius 1 is 0.938 bits per heavy atom. The van der Waals surface area contributed by atoms with E-state index in [0.29, 0.717) is 31.0 Å². The van der Waals surface area contributed by atoms with E-state index in [0.717, 1.165) is 30.9 Å². The van der Waals surface area contributed by atoms with Crippen LogP contribution in [0.5, 0.6) is 0 Å². The van der Waals surface area contributed by atoms with Crippen molar-refractivity contribution in [2.75, 3.05) is 12.6 Å². The Morgan fingerprint density at radius 2 is 1.63 bits per heavy atom. The summed E-state index contributed by atoms with van der Waals surface area (Å²) in [7, 11) is 0. The molecule has 11 nitrogen and oxygen atoms in total. The molecule has 0 amide bonds. The van der Waals surface area contributed by atoms with E-state index in [1.54, 1.807) is 32.9 Å². The van der Waals surface area contributed by atoms with Crippen molar-refractivity contribution in [2.24, 2.45) is 57.2 Å². The Hall–Kier alpha value is -2.95. The first-order valence-corrected chi connectivity index (χ1v) is 24.5. The fraction of sp³-hybridized carbons (Fsp3) is 0.740. The lowest BCUT2D eigenvalue weighted by atomic mass is 9.44. The van der Waals surface area contributed by atoms with Crippen LogP contribution in [0.4, 0.5) is 13.2 Å². The molecule has 65 heavy (non-hydrogen) atoms. The predicted molar refractivity (Wildman–Crippen MR) is 234 cm³/mol. The fourth-order valence-electron chi connectivity index (χ4n) is 15.7. The van der Waals surface area contributed by atoms with Gasteiger partial charge in [0.05, 0.1) is 18.3 Å². The second kappa shape index (κ2) is 16.6. The van der Waals surface area contributed by atoms with Gasteiger partial charge in [0.2, 0.25) is 5.12 Å². The minimum atomic E-state index is -2.30. The Morgan fingerprint density at radius 3 is 2.29 bits per heavy atom. The molecule has 0 radical (unpaired) electrons. The van der Waals surface area contributed by atoms with Gasteiger partial charge in [-0.3, -0.25) is 24.0 Å². The van der Waals surface area contributed by atoms with E-state index in [1.165, 1.54) is 19.1 Å². The van der Waals surface area contributed by atoms with Crippen LogP contribution in [0.1, 0.15) is 113 Å². The zero-order valence-corrected chi connectivity index (χ0v) is 39.3. The summed E-state index contributed by atoms with van der Waals surface area (Å²) in [6.07, 6.45) is 8.47. The van der Waals surface area contributed by atoms with Crippen molar-refractivity contribution in [3.63, 3.8) is 0 Å². The molecule has 0 spiro atoms. The van der Waals surface area contributed by atoms with Crippen molar-refractivity contribution in [3.05, 3.63) is 47.6 Å². The summed E-state index contributed by atoms with van der Waals surface area (Å²) in [4.78, 5) is 63.0. The Kier molecular flexibility index (Phi) is 12.4. The molecule has 1 heterocycles. The van der Waals surface area contributed by atoms with E-state index >= 15 is 8.78 Å². The average molecular weight is 931 g/mol. The maximum absolute atomic E-state index is 17.2. The van der Waals surface area contributed by atoms with Gasteiger partial charge in [-0.2, -0.15) is 0 Å². The molecule has 0 aromatic heterocycles. The third-order valence-electron chi connectivity index (χ3n) is 18.6. The second-order valence-electron chi connectivity index (χ2n) is 21.3. The number of ether oxygens (including phenoxy) is 3. The quantitative estimate of drug-likeness (QED) is 0.210. The van der Waals surface area contributed by atoms with Gasteiger partial charge in [0.25, 0.3) is 0 Å². The zero-order chi connectivity index (χ0) is 47.4. The molecule has 1 saturated heterocycles. The maximum Gasteiger partial charge on any atom is 0.306 e. The number of thioether (sulfide) groups is 1. The molecule has 6 saturated carbocycles. The van der Waals surface area contributed by atoms with Gasteiger partial charge in [-0.05, 0) is 118 Å².